The summed E-state index contributed by atoms with van der Waals surface area (Å²) in [6, 6.07) is 0. The second-order valence-corrected chi connectivity index (χ2v) is 7.29. The summed E-state index contributed by atoms with van der Waals surface area (Å²) in [5.41, 5.74) is -0.795. The van der Waals surface area contributed by atoms with Gasteiger partial charge in [0.2, 0.25) is 11.8 Å². The zero-order valence-electron chi connectivity index (χ0n) is 13.9. The van der Waals surface area contributed by atoms with Gasteiger partial charge in [-0.2, -0.15) is 0 Å². The van der Waals surface area contributed by atoms with Gasteiger partial charge >= 0.3 is 0 Å². The summed E-state index contributed by atoms with van der Waals surface area (Å²) in [7, 11) is 0. The highest BCUT2D eigenvalue weighted by Crippen LogP contribution is 2.27. The molecule has 23 heavy (non-hydrogen) atoms. The number of rotatable bonds is 5. The zero-order chi connectivity index (χ0) is 17.1. The summed E-state index contributed by atoms with van der Waals surface area (Å²) < 4.78 is 25.5. The summed E-state index contributed by atoms with van der Waals surface area (Å²) in [6.07, 6.45) is 2.13. The van der Waals surface area contributed by atoms with E-state index >= 15 is 0 Å². The van der Waals surface area contributed by atoms with Crippen molar-refractivity contribution in [1.82, 2.24) is 9.88 Å². The van der Waals surface area contributed by atoms with Crippen LogP contribution in [-0.4, -0.2) is 47.1 Å². The second-order valence-electron chi connectivity index (χ2n) is 7.02. The first kappa shape index (κ1) is 18.2. The molecule has 0 atom stereocenters. The molecule has 1 aliphatic rings. The molecule has 1 amide bonds. The lowest BCUT2D eigenvalue weighted by Gasteiger charge is -2.34. The van der Waals surface area contributed by atoms with Crippen molar-refractivity contribution in [2.24, 2.45) is 0 Å². The predicted octanol–water partition coefficient (Wildman–Crippen LogP) is 3.06. The molecule has 1 aromatic heterocycles. The molecule has 1 saturated heterocycles. The summed E-state index contributed by atoms with van der Waals surface area (Å²) in [5, 5.41) is 0. The van der Waals surface area contributed by atoms with E-state index in [1.165, 1.54) is 4.90 Å². The molecule has 1 aromatic rings. The van der Waals surface area contributed by atoms with Crippen LogP contribution in [0.25, 0.3) is 0 Å². The molecule has 0 spiro atoms. The van der Waals surface area contributed by atoms with E-state index < -0.39 is 5.67 Å². The third-order valence-corrected chi connectivity index (χ3v) is 4.21. The highest BCUT2D eigenvalue weighted by molar-refractivity contribution is 6.27. The number of carbonyl (C=O) groups excluding carboxylic acids is 1. The van der Waals surface area contributed by atoms with Crippen LogP contribution in [0.3, 0.4) is 0 Å². The van der Waals surface area contributed by atoms with Gasteiger partial charge in [-0.15, -0.1) is 11.6 Å². The Morgan fingerprint density at radius 2 is 2.09 bits per heavy atom. The molecule has 0 saturated carbocycles. The molecule has 130 valence electrons. The van der Waals surface area contributed by atoms with E-state index in [1.54, 1.807) is 6.26 Å². The van der Waals surface area contributed by atoms with Crippen molar-refractivity contribution in [3.63, 3.8) is 0 Å². The molecule has 5 nitrogen and oxygen atoms in total. The maximum Gasteiger partial charge on any atom is 0.238 e. The molecule has 0 aromatic carbocycles. The minimum absolute atomic E-state index is 0.0187. The van der Waals surface area contributed by atoms with Gasteiger partial charge in [-0.3, -0.25) is 4.79 Å². The molecule has 0 N–H and O–H groups in total. The Kier molecular flexibility index (Phi) is 5.68. The Hall–Kier alpha value is -1.14. The Morgan fingerprint density at radius 1 is 1.43 bits per heavy atom. The van der Waals surface area contributed by atoms with Crippen molar-refractivity contribution < 1.29 is 18.3 Å². The average molecular weight is 347 g/mol. The summed E-state index contributed by atoms with van der Waals surface area (Å²) in [6.45, 7) is 6.90. The smallest absolute Gasteiger partial charge is 0.238 e. The highest BCUT2D eigenvalue weighted by atomic mass is 35.5. The van der Waals surface area contributed by atoms with E-state index in [2.05, 4.69) is 4.98 Å². The summed E-state index contributed by atoms with van der Waals surface area (Å²) in [4.78, 5) is 17.9. The molecule has 2 heterocycles. The van der Waals surface area contributed by atoms with Gasteiger partial charge in [-0.05, 0) is 0 Å². The number of alkyl halides is 2. The van der Waals surface area contributed by atoms with Crippen molar-refractivity contribution in [2.75, 3.05) is 25.6 Å². The van der Waals surface area contributed by atoms with Crippen molar-refractivity contribution in [1.29, 1.82) is 0 Å². The third kappa shape index (κ3) is 4.91. The predicted molar refractivity (Wildman–Crippen MR) is 85.2 cm³/mol. The largest absolute Gasteiger partial charge is 0.447 e. The SMILES string of the molecule is CC(C)(C)c1coc(CN(CC2(F)CCOCC2)C(=O)CCl)n1. The standard InChI is InChI=1S/C16H24ClFN2O3/c1-15(2,3)12-10-23-13(19-12)9-20(14(21)8-17)11-16(18)4-6-22-7-5-16/h10H,4-9,11H2,1-3H3. The Bertz CT molecular complexity index is 536. The van der Waals surface area contributed by atoms with Crippen LogP contribution in [0, 0.1) is 0 Å². The average Bonchev–Trinajstić information content (AvgIpc) is 2.95. The van der Waals surface area contributed by atoms with Crippen LogP contribution in [0.4, 0.5) is 4.39 Å². The van der Waals surface area contributed by atoms with E-state index in [-0.39, 0.29) is 43.1 Å². The van der Waals surface area contributed by atoms with Gasteiger partial charge in [0, 0.05) is 31.5 Å². The van der Waals surface area contributed by atoms with Gasteiger partial charge in [0.15, 0.2) is 0 Å². The number of aromatic nitrogens is 1. The van der Waals surface area contributed by atoms with Crippen molar-refractivity contribution >= 4 is 17.5 Å². The molecule has 0 unspecified atom stereocenters. The summed E-state index contributed by atoms with van der Waals surface area (Å²) in [5.74, 6) is -0.130. The number of amides is 1. The molecule has 1 fully saturated rings. The minimum Gasteiger partial charge on any atom is -0.447 e. The summed E-state index contributed by atoms with van der Waals surface area (Å²) >= 11 is 5.66. The van der Waals surface area contributed by atoms with Gasteiger partial charge in [-0.1, -0.05) is 20.8 Å². The van der Waals surface area contributed by atoms with Crippen LogP contribution in [0.1, 0.15) is 45.2 Å². The van der Waals surface area contributed by atoms with Crippen LogP contribution >= 0.6 is 11.6 Å². The lowest BCUT2D eigenvalue weighted by molar-refractivity contribution is -0.133. The van der Waals surface area contributed by atoms with Crippen LogP contribution in [0.5, 0.6) is 0 Å². The first-order chi connectivity index (χ1) is 10.7. The Balaban J connectivity index is 2.09. The van der Waals surface area contributed by atoms with E-state index in [1.807, 2.05) is 20.8 Å². The van der Waals surface area contributed by atoms with Crippen molar-refractivity contribution in [2.45, 2.75) is 51.2 Å². The lowest BCUT2D eigenvalue weighted by Crippen LogP contribution is -2.46. The van der Waals surface area contributed by atoms with Gasteiger partial charge < -0.3 is 14.1 Å². The fourth-order valence-corrected chi connectivity index (χ4v) is 2.61. The molecular formula is C16H24ClFN2O3. The first-order valence-electron chi connectivity index (χ1n) is 7.79. The molecule has 7 heteroatoms. The van der Waals surface area contributed by atoms with Gasteiger partial charge in [0.25, 0.3) is 0 Å². The second kappa shape index (κ2) is 7.18. The fourth-order valence-electron chi connectivity index (χ4n) is 2.45. The normalized spacial score (nSPS) is 18.0. The third-order valence-electron chi connectivity index (χ3n) is 3.98. The first-order valence-corrected chi connectivity index (χ1v) is 8.32. The number of halogens is 2. The van der Waals surface area contributed by atoms with Crippen molar-refractivity contribution in [3.8, 4) is 0 Å². The minimum atomic E-state index is -1.45. The monoisotopic (exact) mass is 346 g/mol. The molecular weight excluding hydrogens is 323 g/mol. The highest BCUT2D eigenvalue weighted by Gasteiger charge is 2.36. The molecule has 0 aliphatic carbocycles. The molecule has 1 aliphatic heterocycles. The van der Waals surface area contributed by atoms with Crippen LogP contribution in [0.2, 0.25) is 0 Å². The molecule has 2 rings (SSSR count). The molecule has 0 radical (unpaired) electrons. The number of oxazole rings is 1. The zero-order valence-corrected chi connectivity index (χ0v) is 14.7. The molecule has 0 bridgehead atoms. The van der Waals surface area contributed by atoms with Crippen LogP contribution in [0.15, 0.2) is 10.7 Å². The lowest BCUT2D eigenvalue weighted by atomic mass is 9.93. The topological polar surface area (TPSA) is 55.6 Å². The Morgan fingerprint density at radius 3 is 2.61 bits per heavy atom. The van der Waals surface area contributed by atoms with Gasteiger partial charge in [0.1, 0.15) is 17.8 Å². The van der Waals surface area contributed by atoms with E-state index in [0.29, 0.717) is 19.1 Å². The van der Waals surface area contributed by atoms with E-state index in [4.69, 9.17) is 20.8 Å². The van der Waals surface area contributed by atoms with Gasteiger partial charge in [0.05, 0.1) is 18.8 Å². The number of nitrogens with zero attached hydrogens (tertiary/aromatic N) is 2. The van der Waals surface area contributed by atoms with Crippen molar-refractivity contribution in [3.05, 3.63) is 17.8 Å². The number of carbonyl (C=O) groups is 1. The van der Waals surface area contributed by atoms with Crippen LogP contribution in [-0.2, 0) is 21.5 Å². The van der Waals surface area contributed by atoms with Gasteiger partial charge in [-0.25, -0.2) is 9.37 Å². The maximum atomic E-state index is 14.8. The fraction of sp³-hybridized carbons (Fsp3) is 0.750. The van der Waals surface area contributed by atoms with E-state index in [0.717, 1.165) is 5.69 Å². The van der Waals surface area contributed by atoms with Crippen LogP contribution < -0.4 is 0 Å². The maximum absolute atomic E-state index is 14.8. The Labute approximate surface area is 141 Å². The van der Waals surface area contributed by atoms with E-state index in [9.17, 15) is 9.18 Å². The number of hydrogen-bond acceptors (Lipinski definition) is 4. The number of ether oxygens (including phenoxy) is 1. The quantitative estimate of drug-likeness (QED) is 0.769. The number of hydrogen-bond donors (Lipinski definition) is 0.